The van der Waals surface area contributed by atoms with Crippen molar-refractivity contribution in [3.05, 3.63) is 0 Å². The predicted molar refractivity (Wildman–Crippen MR) is 357 cm³/mol. The largest absolute Gasteiger partial charge is 0.466 e. The molecule has 0 aliphatic rings. The number of rotatable bonds is 72. The molecule has 0 saturated heterocycles. The summed E-state index contributed by atoms with van der Waals surface area (Å²) in [7, 11) is 0. The zero-order valence-electron chi connectivity index (χ0n) is 55.6. The quantitative estimate of drug-likeness (QED) is 0.0417. The highest BCUT2D eigenvalue weighted by molar-refractivity contribution is 5.76. The van der Waals surface area contributed by atoms with Crippen molar-refractivity contribution >= 4 is 11.9 Å². The van der Waals surface area contributed by atoms with Crippen LogP contribution in [0.3, 0.4) is 0 Å². The Kier molecular flexibility index (Phi) is 70.3. The molecule has 0 spiro atoms. The number of amides is 1. The minimum atomic E-state index is -0.660. The molecule has 2 unspecified atom stereocenters. The van der Waals surface area contributed by atoms with Crippen LogP contribution in [-0.2, 0) is 14.3 Å². The molecule has 1 amide bonds. The van der Waals surface area contributed by atoms with E-state index < -0.39 is 12.1 Å². The number of hydrogen-bond donors (Lipinski definition) is 3. The summed E-state index contributed by atoms with van der Waals surface area (Å²) in [6.45, 7) is 5.01. The molecule has 0 aromatic heterocycles. The van der Waals surface area contributed by atoms with Gasteiger partial charge in [0.1, 0.15) is 0 Å². The van der Waals surface area contributed by atoms with Gasteiger partial charge in [-0.05, 0) is 25.7 Å². The van der Waals surface area contributed by atoms with Crippen LogP contribution in [0.5, 0.6) is 0 Å². The molecule has 6 heteroatoms. The Morgan fingerprint density at radius 2 is 0.506 bits per heavy atom. The minimum absolute atomic E-state index is 0.0255. The Morgan fingerprint density at radius 3 is 0.753 bits per heavy atom. The van der Waals surface area contributed by atoms with Gasteiger partial charge in [-0.15, -0.1) is 0 Å². The maximum atomic E-state index is 12.5. The summed E-state index contributed by atoms with van der Waals surface area (Å²) in [4.78, 5) is 24.6. The van der Waals surface area contributed by atoms with E-state index in [-0.39, 0.29) is 18.5 Å². The van der Waals surface area contributed by atoms with Crippen molar-refractivity contribution in [1.82, 2.24) is 5.32 Å². The molecule has 81 heavy (non-hydrogen) atoms. The second kappa shape index (κ2) is 71.3. The number of nitrogens with one attached hydrogen (secondary N) is 1. The number of unbranched alkanes of at least 4 members (excludes halogenated alkanes) is 61. The lowest BCUT2D eigenvalue weighted by molar-refractivity contribution is -0.143. The summed E-state index contributed by atoms with van der Waals surface area (Å²) < 4.78 is 5.51. The van der Waals surface area contributed by atoms with Gasteiger partial charge >= 0.3 is 5.97 Å². The molecule has 6 nitrogen and oxygen atoms in total. The molecule has 484 valence electrons. The fraction of sp³-hybridized carbons (Fsp3) is 0.973. The third-order valence-corrected chi connectivity index (χ3v) is 18.2. The average Bonchev–Trinajstić information content (AvgIpc) is 3.47. The van der Waals surface area contributed by atoms with Crippen molar-refractivity contribution in [2.24, 2.45) is 0 Å². The summed E-state index contributed by atoms with van der Waals surface area (Å²) in [5.74, 6) is -0.000380. The van der Waals surface area contributed by atoms with E-state index in [1.54, 1.807) is 0 Å². The second-order valence-electron chi connectivity index (χ2n) is 26.4. The number of carbonyl (C=O) groups excluding carboxylic acids is 2. The van der Waals surface area contributed by atoms with E-state index in [1.165, 1.54) is 372 Å². The van der Waals surface area contributed by atoms with E-state index in [0.29, 0.717) is 25.9 Å². The van der Waals surface area contributed by atoms with Crippen LogP contribution < -0.4 is 5.32 Å². The first-order valence-corrected chi connectivity index (χ1v) is 37.8. The lowest BCUT2D eigenvalue weighted by Gasteiger charge is -2.22. The highest BCUT2D eigenvalue weighted by Gasteiger charge is 2.20. The number of aliphatic hydroxyl groups is 2. The lowest BCUT2D eigenvalue weighted by Crippen LogP contribution is -2.45. The van der Waals surface area contributed by atoms with Crippen LogP contribution in [-0.4, -0.2) is 47.4 Å². The molecule has 0 aromatic rings. The minimum Gasteiger partial charge on any atom is -0.466 e. The molecular weight excluding hydrogens is 995 g/mol. The molecule has 3 N–H and O–H groups in total. The molecule has 0 saturated carbocycles. The van der Waals surface area contributed by atoms with Crippen LogP contribution in [0.2, 0.25) is 0 Å². The van der Waals surface area contributed by atoms with Gasteiger partial charge in [-0.3, -0.25) is 9.59 Å². The van der Waals surface area contributed by atoms with E-state index in [1.807, 2.05) is 0 Å². The highest BCUT2D eigenvalue weighted by atomic mass is 16.5. The molecule has 0 aliphatic heterocycles. The smallest absolute Gasteiger partial charge is 0.305 e. The molecule has 0 aliphatic carbocycles. The van der Waals surface area contributed by atoms with Crippen molar-refractivity contribution in [2.75, 3.05) is 13.2 Å². The first-order valence-electron chi connectivity index (χ1n) is 37.8. The number of hydrogen-bond acceptors (Lipinski definition) is 5. The summed E-state index contributed by atoms with van der Waals surface area (Å²) >= 11 is 0. The molecule has 0 fully saturated rings. The molecule has 0 aromatic carbocycles. The van der Waals surface area contributed by atoms with Gasteiger partial charge in [0, 0.05) is 12.8 Å². The lowest BCUT2D eigenvalue weighted by atomic mass is 10.0. The van der Waals surface area contributed by atoms with Crippen molar-refractivity contribution < 1.29 is 24.5 Å². The molecule has 0 heterocycles. The average molecular weight is 1150 g/mol. The number of ether oxygens (including phenoxy) is 1. The van der Waals surface area contributed by atoms with Crippen molar-refractivity contribution in [3.8, 4) is 0 Å². The maximum absolute atomic E-state index is 12.5. The van der Waals surface area contributed by atoms with E-state index >= 15 is 0 Å². The molecular formula is C75H149NO5. The SMILES string of the molecule is CCCCCCCCCCCCCCCCCCCC(O)C(CO)NC(=O)CCCCCCCCCCCCCCCCCCCCCCCCCCCCCCCCCOC(=O)CCCCCCCCCCCCCCCCCC. The summed E-state index contributed by atoms with van der Waals surface area (Å²) in [6, 6.07) is -0.537. The van der Waals surface area contributed by atoms with Gasteiger partial charge in [-0.2, -0.15) is 0 Å². The van der Waals surface area contributed by atoms with Crippen LogP contribution in [0.25, 0.3) is 0 Å². The molecule has 0 radical (unpaired) electrons. The Morgan fingerprint density at radius 1 is 0.296 bits per heavy atom. The third-order valence-electron chi connectivity index (χ3n) is 18.2. The first-order chi connectivity index (χ1) is 40.0. The van der Waals surface area contributed by atoms with Crippen LogP contribution in [0.15, 0.2) is 0 Å². The standard InChI is InChI=1S/C75H149NO5/c1-3-5-7-9-11-13-15-17-19-36-39-43-47-51-55-59-63-67-73(78)72(71-77)76-74(79)68-64-60-56-52-48-44-40-37-34-32-30-28-26-24-22-21-23-25-27-29-31-33-35-38-42-46-50-54-58-62-66-70-81-75(80)69-65-61-57-53-49-45-41-20-18-16-14-12-10-8-6-4-2/h72-73,77-78H,3-71H2,1-2H3,(H,76,79). The summed E-state index contributed by atoms with van der Waals surface area (Å²) in [5.41, 5.74) is 0. The van der Waals surface area contributed by atoms with Crippen molar-refractivity contribution in [1.29, 1.82) is 0 Å². The van der Waals surface area contributed by atoms with Crippen molar-refractivity contribution in [3.63, 3.8) is 0 Å². The maximum Gasteiger partial charge on any atom is 0.305 e. The van der Waals surface area contributed by atoms with Crippen molar-refractivity contribution in [2.45, 2.75) is 456 Å². The summed E-state index contributed by atoms with van der Waals surface area (Å²) in [6.07, 6.45) is 87.5. The van der Waals surface area contributed by atoms with E-state index in [9.17, 15) is 19.8 Å². The topological polar surface area (TPSA) is 95.9 Å². The Balaban J connectivity index is 3.30. The fourth-order valence-corrected chi connectivity index (χ4v) is 12.4. The Bertz CT molecular complexity index is 1180. The van der Waals surface area contributed by atoms with Crippen LogP contribution in [0.4, 0.5) is 0 Å². The second-order valence-corrected chi connectivity index (χ2v) is 26.4. The van der Waals surface area contributed by atoms with Gasteiger partial charge in [-0.1, -0.05) is 406 Å². The first kappa shape index (κ1) is 79.9. The van der Waals surface area contributed by atoms with Gasteiger partial charge in [0.25, 0.3) is 0 Å². The Labute approximate surface area is 508 Å². The number of aliphatic hydroxyl groups excluding tert-OH is 2. The third kappa shape index (κ3) is 67.9. The van der Waals surface area contributed by atoms with Gasteiger partial charge in [0.15, 0.2) is 0 Å². The number of carbonyl (C=O) groups is 2. The zero-order valence-corrected chi connectivity index (χ0v) is 55.6. The van der Waals surface area contributed by atoms with E-state index in [0.717, 1.165) is 38.5 Å². The van der Waals surface area contributed by atoms with E-state index in [4.69, 9.17) is 4.74 Å². The summed E-state index contributed by atoms with van der Waals surface area (Å²) in [5, 5.41) is 23.4. The van der Waals surface area contributed by atoms with Gasteiger partial charge in [0.2, 0.25) is 5.91 Å². The Hall–Kier alpha value is -1.14. The van der Waals surface area contributed by atoms with Gasteiger partial charge < -0.3 is 20.3 Å². The van der Waals surface area contributed by atoms with Crippen LogP contribution in [0.1, 0.15) is 444 Å². The van der Waals surface area contributed by atoms with Gasteiger partial charge in [-0.25, -0.2) is 0 Å². The molecule has 0 rings (SSSR count). The van der Waals surface area contributed by atoms with Gasteiger partial charge in [0.05, 0.1) is 25.4 Å². The van der Waals surface area contributed by atoms with Crippen LogP contribution >= 0.6 is 0 Å². The normalized spacial score (nSPS) is 12.4. The fourth-order valence-electron chi connectivity index (χ4n) is 12.4. The monoisotopic (exact) mass is 1140 g/mol. The van der Waals surface area contributed by atoms with Crippen LogP contribution in [0, 0.1) is 0 Å². The zero-order chi connectivity index (χ0) is 58.5. The van der Waals surface area contributed by atoms with E-state index in [2.05, 4.69) is 19.2 Å². The number of esters is 1. The predicted octanol–water partition coefficient (Wildman–Crippen LogP) is 24.5. The highest BCUT2D eigenvalue weighted by Crippen LogP contribution is 2.20. The molecule has 0 bridgehead atoms. The molecule has 2 atom stereocenters.